The Kier molecular flexibility index (Phi) is 4.13. The number of nitrogens with zero attached hydrogens (tertiary/aromatic N) is 3. The molecule has 0 fully saturated rings. The van der Waals surface area contributed by atoms with Crippen molar-refractivity contribution in [2.75, 3.05) is 7.11 Å². The standard InChI is InChI=1S/C18H21N5O2/c1-25-13-7-6-12-9-15(20-14(12)10-13)18(24)19-11-17-22-21-16-5-3-2-4-8-23(16)17/h6-7,9-10,20H,2-5,8,11H2,1H3,(H,19,24). The zero-order valence-corrected chi connectivity index (χ0v) is 14.2. The van der Waals surface area contributed by atoms with Gasteiger partial charge in [-0.2, -0.15) is 0 Å². The SMILES string of the molecule is COc1ccc2cc(C(=O)NCc3nnc4n3CCCCC4)[nH]c2c1. The van der Waals surface area contributed by atoms with E-state index in [4.69, 9.17) is 4.74 Å². The van der Waals surface area contributed by atoms with Gasteiger partial charge in [-0.1, -0.05) is 6.42 Å². The third-order valence-corrected chi connectivity index (χ3v) is 4.67. The molecule has 0 saturated heterocycles. The van der Waals surface area contributed by atoms with Crippen LogP contribution in [0.25, 0.3) is 10.9 Å². The van der Waals surface area contributed by atoms with E-state index >= 15 is 0 Å². The second kappa shape index (κ2) is 6.58. The Labute approximate surface area is 145 Å². The Hall–Kier alpha value is -2.83. The summed E-state index contributed by atoms with van der Waals surface area (Å²) in [6, 6.07) is 7.53. The van der Waals surface area contributed by atoms with Crippen LogP contribution >= 0.6 is 0 Å². The van der Waals surface area contributed by atoms with Crippen LogP contribution in [0.1, 0.15) is 41.4 Å². The van der Waals surface area contributed by atoms with Crippen molar-refractivity contribution in [1.82, 2.24) is 25.1 Å². The quantitative estimate of drug-likeness (QED) is 0.764. The highest BCUT2D eigenvalue weighted by molar-refractivity contribution is 5.98. The number of amides is 1. The molecular weight excluding hydrogens is 318 g/mol. The number of methoxy groups -OCH3 is 1. The Bertz CT molecular complexity index is 911. The summed E-state index contributed by atoms with van der Waals surface area (Å²) in [7, 11) is 1.62. The maximum atomic E-state index is 12.5. The Morgan fingerprint density at radius 3 is 3.08 bits per heavy atom. The van der Waals surface area contributed by atoms with Crippen molar-refractivity contribution < 1.29 is 9.53 Å². The molecule has 7 nitrogen and oxygen atoms in total. The van der Waals surface area contributed by atoms with Crippen molar-refractivity contribution in [2.45, 2.75) is 38.8 Å². The molecule has 3 heterocycles. The monoisotopic (exact) mass is 339 g/mol. The molecule has 0 spiro atoms. The van der Waals surface area contributed by atoms with Crippen molar-refractivity contribution in [3.8, 4) is 5.75 Å². The van der Waals surface area contributed by atoms with Crippen LogP contribution in [-0.2, 0) is 19.5 Å². The predicted molar refractivity (Wildman–Crippen MR) is 93.6 cm³/mol. The maximum absolute atomic E-state index is 12.5. The van der Waals surface area contributed by atoms with E-state index in [-0.39, 0.29) is 5.91 Å². The molecule has 2 N–H and O–H groups in total. The molecule has 0 unspecified atom stereocenters. The van der Waals surface area contributed by atoms with Crippen molar-refractivity contribution >= 4 is 16.8 Å². The Morgan fingerprint density at radius 2 is 2.20 bits per heavy atom. The molecule has 0 bridgehead atoms. The second-order valence-electron chi connectivity index (χ2n) is 6.31. The van der Waals surface area contributed by atoms with Crippen LogP contribution in [0.5, 0.6) is 5.75 Å². The molecule has 1 aliphatic rings. The summed E-state index contributed by atoms with van der Waals surface area (Å²) >= 11 is 0. The molecule has 25 heavy (non-hydrogen) atoms. The van der Waals surface area contributed by atoms with Crippen molar-refractivity contribution in [1.29, 1.82) is 0 Å². The summed E-state index contributed by atoms with van der Waals surface area (Å²) in [5, 5.41) is 12.4. The van der Waals surface area contributed by atoms with Crippen molar-refractivity contribution in [3.05, 3.63) is 41.6 Å². The summed E-state index contributed by atoms with van der Waals surface area (Å²) < 4.78 is 7.36. The number of nitrogens with one attached hydrogen (secondary N) is 2. The Balaban J connectivity index is 1.48. The molecule has 0 atom stereocenters. The smallest absolute Gasteiger partial charge is 0.268 e. The molecule has 2 aromatic heterocycles. The van der Waals surface area contributed by atoms with Gasteiger partial charge in [0, 0.05) is 29.9 Å². The molecule has 1 aliphatic heterocycles. The first-order valence-corrected chi connectivity index (χ1v) is 8.60. The minimum Gasteiger partial charge on any atom is -0.497 e. The number of fused-ring (bicyclic) bond motifs is 2. The number of aromatic nitrogens is 4. The van der Waals surface area contributed by atoms with Gasteiger partial charge >= 0.3 is 0 Å². The number of aromatic amines is 1. The average Bonchev–Trinajstić information content (AvgIpc) is 3.15. The summed E-state index contributed by atoms with van der Waals surface area (Å²) in [6.45, 7) is 1.31. The number of benzene rings is 1. The summed E-state index contributed by atoms with van der Waals surface area (Å²) in [4.78, 5) is 15.6. The number of H-pyrrole nitrogens is 1. The molecule has 4 rings (SSSR count). The molecule has 7 heteroatoms. The molecular formula is C18H21N5O2. The van der Waals surface area contributed by atoms with Gasteiger partial charge in [0.15, 0.2) is 5.82 Å². The number of aryl methyl sites for hydroxylation is 1. The third-order valence-electron chi connectivity index (χ3n) is 4.67. The normalized spacial score (nSPS) is 14.1. The van der Waals surface area contributed by atoms with Crippen LogP contribution in [-0.4, -0.2) is 32.8 Å². The van der Waals surface area contributed by atoms with Gasteiger partial charge in [0.25, 0.3) is 5.91 Å². The van der Waals surface area contributed by atoms with Crippen molar-refractivity contribution in [2.24, 2.45) is 0 Å². The van der Waals surface area contributed by atoms with Crippen LogP contribution in [0.15, 0.2) is 24.3 Å². The van der Waals surface area contributed by atoms with E-state index in [2.05, 4.69) is 25.1 Å². The van der Waals surface area contributed by atoms with Crippen LogP contribution in [0.4, 0.5) is 0 Å². The minimum absolute atomic E-state index is 0.152. The largest absolute Gasteiger partial charge is 0.497 e. The number of ether oxygens (including phenoxy) is 1. The van der Waals surface area contributed by atoms with Gasteiger partial charge in [0.05, 0.1) is 13.7 Å². The van der Waals surface area contributed by atoms with Gasteiger partial charge in [-0.05, 0) is 31.0 Å². The molecule has 0 saturated carbocycles. The van der Waals surface area contributed by atoms with E-state index in [1.54, 1.807) is 7.11 Å². The molecule has 1 aromatic carbocycles. The molecule has 130 valence electrons. The van der Waals surface area contributed by atoms with Crippen LogP contribution in [0.2, 0.25) is 0 Å². The van der Waals surface area contributed by atoms with Crippen LogP contribution in [0.3, 0.4) is 0 Å². The average molecular weight is 339 g/mol. The van der Waals surface area contributed by atoms with Gasteiger partial charge in [0.2, 0.25) is 0 Å². The van der Waals surface area contributed by atoms with Crippen LogP contribution < -0.4 is 10.1 Å². The van der Waals surface area contributed by atoms with Gasteiger partial charge in [0.1, 0.15) is 17.3 Å². The Morgan fingerprint density at radius 1 is 1.28 bits per heavy atom. The zero-order chi connectivity index (χ0) is 17.2. The lowest BCUT2D eigenvalue weighted by atomic mass is 10.2. The zero-order valence-electron chi connectivity index (χ0n) is 14.2. The maximum Gasteiger partial charge on any atom is 0.268 e. The molecule has 3 aromatic rings. The van der Waals surface area contributed by atoms with Crippen molar-refractivity contribution in [3.63, 3.8) is 0 Å². The van der Waals surface area contributed by atoms with Gasteiger partial charge in [-0.3, -0.25) is 4.79 Å². The number of hydrogen-bond donors (Lipinski definition) is 2. The molecule has 0 radical (unpaired) electrons. The lowest BCUT2D eigenvalue weighted by Crippen LogP contribution is -2.25. The number of rotatable bonds is 4. The van der Waals surface area contributed by atoms with Gasteiger partial charge < -0.3 is 19.6 Å². The number of carbonyl (C=O) groups excluding carboxylic acids is 1. The van der Waals surface area contributed by atoms with Crippen LogP contribution in [0, 0.1) is 0 Å². The van der Waals surface area contributed by atoms with E-state index in [0.717, 1.165) is 54.1 Å². The molecule has 0 aliphatic carbocycles. The highest BCUT2D eigenvalue weighted by Gasteiger charge is 2.16. The topological polar surface area (TPSA) is 84.8 Å². The number of carbonyl (C=O) groups is 1. The lowest BCUT2D eigenvalue weighted by Gasteiger charge is -2.07. The van der Waals surface area contributed by atoms with E-state index in [0.29, 0.717) is 12.2 Å². The highest BCUT2D eigenvalue weighted by Crippen LogP contribution is 2.21. The van der Waals surface area contributed by atoms with E-state index in [1.165, 1.54) is 6.42 Å². The third kappa shape index (κ3) is 3.09. The summed E-state index contributed by atoms with van der Waals surface area (Å²) in [5.41, 5.74) is 1.40. The first-order chi connectivity index (χ1) is 12.2. The first kappa shape index (κ1) is 15.7. The van der Waals surface area contributed by atoms with E-state index in [1.807, 2.05) is 24.3 Å². The fourth-order valence-corrected chi connectivity index (χ4v) is 3.29. The fraction of sp³-hybridized carbons (Fsp3) is 0.389. The highest BCUT2D eigenvalue weighted by atomic mass is 16.5. The molecule has 1 amide bonds. The lowest BCUT2D eigenvalue weighted by molar-refractivity contribution is 0.0945. The predicted octanol–water partition coefficient (Wildman–Crippen LogP) is 2.42. The van der Waals surface area contributed by atoms with Gasteiger partial charge in [-0.25, -0.2) is 0 Å². The fourth-order valence-electron chi connectivity index (χ4n) is 3.29. The second-order valence-corrected chi connectivity index (χ2v) is 6.31. The summed E-state index contributed by atoms with van der Waals surface area (Å²) in [6.07, 6.45) is 4.47. The van der Waals surface area contributed by atoms with E-state index < -0.39 is 0 Å². The summed E-state index contributed by atoms with van der Waals surface area (Å²) in [5.74, 6) is 2.45. The first-order valence-electron chi connectivity index (χ1n) is 8.60. The minimum atomic E-state index is -0.152. The number of hydrogen-bond acceptors (Lipinski definition) is 4. The van der Waals surface area contributed by atoms with Gasteiger partial charge in [-0.15, -0.1) is 10.2 Å². The van der Waals surface area contributed by atoms with E-state index in [9.17, 15) is 4.79 Å².